The SMILES string of the molecule is CCNC(=O)c1sc(N2CCCN(C)CC2)cc1N. The van der Waals surface area contributed by atoms with Gasteiger partial charge in [0.25, 0.3) is 5.91 Å². The van der Waals surface area contributed by atoms with Crippen molar-refractivity contribution in [3.05, 3.63) is 10.9 Å². The van der Waals surface area contributed by atoms with Gasteiger partial charge in [0.2, 0.25) is 0 Å². The van der Waals surface area contributed by atoms with Crippen molar-refractivity contribution in [1.82, 2.24) is 10.2 Å². The molecule has 19 heavy (non-hydrogen) atoms. The average molecular weight is 282 g/mol. The topological polar surface area (TPSA) is 61.6 Å². The third-order valence-corrected chi connectivity index (χ3v) is 4.53. The number of amides is 1. The molecule has 0 unspecified atom stereocenters. The summed E-state index contributed by atoms with van der Waals surface area (Å²) in [5.74, 6) is -0.0665. The van der Waals surface area contributed by atoms with Crippen LogP contribution in [0.1, 0.15) is 23.0 Å². The Morgan fingerprint density at radius 1 is 1.42 bits per heavy atom. The maximum Gasteiger partial charge on any atom is 0.263 e. The smallest absolute Gasteiger partial charge is 0.263 e. The molecule has 1 aromatic rings. The predicted molar refractivity (Wildman–Crippen MR) is 81.1 cm³/mol. The summed E-state index contributed by atoms with van der Waals surface area (Å²) in [6.45, 7) is 6.73. The molecule has 0 saturated carbocycles. The molecule has 2 heterocycles. The summed E-state index contributed by atoms with van der Waals surface area (Å²) >= 11 is 1.49. The molecule has 1 aliphatic heterocycles. The van der Waals surface area contributed by atoms with E-state index in [4.69, 9.17) is 5.73 Å². The molecule has 1 aliphatic rings. The minimum atomic E-state index is -0.0665. The minimum Gasteiger partial charge on any atom is -0.397 e. The maximum atomic E-state index is 11.9. The normalized spacial score (nSPS) is 17.3. The van der Waals surface area contributed by atoms with Gasteiger partial charge in [0, 0.05) is 26.2 Å². The molecule has 0 aliphatic carbocycles. The number of nitrogens with two attached hydrogens (primary N) is 1. The molecular formula is C13H22N4OS. The number of hydrogen-bond acceptors (Lipinski definition) is 5. The quantitative estimate of drug-likeness (QED) is 0.875. The van der Waals surface area contributed by atoms with Crippen LogP contribution in [0, 0.1) is 0 Å². The van der Waals surface area contributed by atoms with Crippen LogP contribution in [0.4, 0.5) is 10.7 Å². The molecular weight excluding hydrogens is 260 g/mol. The number of carbonyl (C=O) groups is 1. The molecule has 0 spiro atoms. The Labute approximate surface area is 118 Å². The molecule has 1 aromatic heterocycles. The molecule has 106 valence electrons. The van der Waals surface area contributed by atoms with Gasteiger partial charge in [-0.25, -0.2) is 0 Å². The van der Waals surface area contributed by atoms with Gasteiger partial charge in [0.1, 0.15) is 4.88 Å². The van der Waals surface area contributed by atoms with Crippen LogP contribution in [0.25, 0.3) is 0 Å². The van der Waals surface area contributed by atoms with Gasteiger partial charge in [0.15, 0.2) is 0 Å². The first-order valence-electron chi connectivity index (χ1n) is 6.72. The van der Waals surface area contributed by atoms with Gasteiger partial charge in [-0.3, -0.25) is 4.79 Å². The summed E-state index contributed by atoms with van der Waals surface area (Å²) in [6.07, 6.45) is 1.14. The van der Waals surface area contributed by atoms with Crippen molar-refractivity contribution in [2.75, 3.05) is 50.4 Å². The second-order valence-electron chi connectivity index (χ2n) is 4.87. The molecule has 5 nitrogen and oxygen atoms in total. The number of nitrogens with one attached hydrogen (secondary N) is 1. The van der Waals surface area contributed by atoms with E-state index in [9.17, 15) is 4.79 Å². The van der Waals surface area contributed by atoms with Gasteiger partial charge in [0.05, 0.1) is 10.7 Å². The molecule has 1 saturated heterocycles. The highest BCUT2D eigenvalue weighted by atomic mass is 32.1. The zero-order chi connectivity index (χ0) is 13.8. The molecule has 1 fully saturated rings. The van der Waals surface area contributed by atoms with E-state index in [0.717, 1.165) is 37.6 Å². The van der Waals surface area contributed by atoms with Crippen LogP contribution in [0.15, 0.2) is 6.07 Å². The average Bonchev–Trinajstić information content (AvgIpc) is 2.62. The third kappa shape index (κ3) is 3.39. The van der Waals surface area contributed by atoms with E-state index >= 15 is 0 Å². The van der Waals surface area contributed by atoms with Crippen LogP contribution in [0.5, 0.6) is 0 Å². The van der Waals surface area contributed by atoms with E-state index in [1.165, 1.54) is 11.3 Å². The minimum absolute atomic E-state index is 0.0665. The lowest BCUT2D eigenvalue weighted by Gasteiger charge is -2.20. The van der Waals surface area contributed by atoms with E-state index in [2.05, 4.69) is 22.2 Å². The number of nitrogens with zero attached hydrogens (tertiary/aromatic N) is 2. The van der Waals surface area contributed by atoms with Gasteiger partial charge in [-0.1, -0.05) is 0 Å². The van der Waals surface area contributed by atoms with Crippen LogP contribution >= 0.6 is 11.3 Å². The Kier molecular flexibility index (Phi) is 4.66. The van der Waals surface area contributed by atoms with Crippen molar-refractivity contribution in [2.45, 2.75) is 13.3 Å². The number of likely N-dealkylation sites (N-methyl/N-ethyl adjacent to an activating group) is 1. The molecule has 0 bridgehead atoms. The number of rotatable bonds is 3. The van der Waals surface area contributed by atoms with Crippen molar-refractivity contribution >= 4 is 27.9 Å². The van der Waals surface area contributed by atoms with Crippen LogP contribution in [0.2, 0.25) is 0 Å². The van der Waals surface area contributed by atoms with Gasteiger partial charge in [-0.2, -0.15) is 0 Å². The van der Waals surface area contributed by atoms with Crippen molar-refractivity contribution in [3.63, 3.8) is 0 Å². The Bertz CT molecular complexity index is 446. The monoisotopic (exact) mass is 282 g/mol. The summed E-state index contributed by atoms with van der Waals surface area (Å²) in [4.78, 5) is 17.2. The summed E-state index contributed by atoms with van der Waals surface area (Å²) in [5.41, 5.74) is 6.54. The highest BCUT2D eigenvalue weighted by Crippen LogP contribution is 2.32. The molecule has 6 heteroatoms. The predicted octanol–water partition coefficient (Wildman–Crippen LogP) is 1.22. The summed E-state index contributed by atoms with van der Waals surface area (Å²) < 4.78 is 0. The van der Waals surface area contributed by atoms with Gasteiger partial charge in [-0.05, 0) is 33.0 Å². The Balaban J connectivity index is 2.12. The van der Waals surface area contributed by atoms with Crippen LogP contribution in [-0.4, -0.2) is 50.6 Å². The fraction of sp³-hybridized carbons (Fsp3) is 0.615. The van der Waals surface area contributed by atoms with Gasteiger partial charge >= 0.3 is 0 Å². The van der Waals surface area contributed by atoms with Crippen molar-refractivity contribution in [2.24, 2.45) is 0 Å². The van der Waals surface area contributed by atoms with Crippen LogP contribution in [-0.2, 0) is 0 Å². The lowest BCUT2D eigenvalue weighted by Crippen LogP contribution is -2.28. The maximum absolute atomic E-state index is 11.9. The van der Waals surface area contributed by atoms with Crippen molar-refractivity contribution in [3.8, 4) is 0 Å². The lowest BCUT2D eigenvalue weighted by molar-refractivity contribution is 0.0960. The zero-order valence-corrected chi connectivity index (χ0v) is 12.4. The molecule has 2 rings (SSSR count). The van der Waals surface area contributed by atoms with E-state index < -0.39 is 0 Å². The highest BCUT2D eigenvalue weighted by molar-refractivity contribution is 7.18. The Morgan fingerprint density at radius 3 is 2.95 bits per heavy atom. The van der Waals surface area contributed by atoms with Crippen molar-refractivity contribution < 1.29 is 4.79 Å². The van der Waals surface area contributed by atoms with E-state index in [-0.39, 0.29) is 5.91 Å². The first-order chi connectivity index (χ1) is 9.11. The highest BCUT2D eigenvalue weighted by Gasteiger charge is 2.19. The number of hydrogen-bond donors (Lipinski definition) is 2. The zero-order valence-electron chi connectivity index (χ0n) is 11.6. The molecule has 3 N–H and O–H groups in total. The first-order valence-corrected chi connectivity index (χ1v) is 7.54. The Morgan fingerprint density at radius 2 is 2.21 bits per heavy atom. The van der Waals surface area contributed by atoms with Crippen LogP contribution < -0.4 is 16.0 Å². The van der Waals surface area contributed by atoms with E-state index in [1.807, 2.05) is 13.0 Å². The summed E-state index contributed by atoms with van der Waals surface area (Å²) in [7, 11) is 2.15. The second kappa shape index (κ2) is 6.25. The number of anilines is 2. The molecule has 0 radical (unpaired) electrons. The fourth-order valence-electron chi connectivity index (χ4n) is 2.23. The summed E-state index contributed by atoms with van der Waals surface area (Å²) in [5, 5.41) is 3.91. The molecule has 0 atom stereocenters. The fourth-order valence-corrected chi connectivity index (χ4v) is 3.28. The number of carbonyl (C=O) groups excluding carboxylic acids is 1. The van der Waals surface area contributed by atoms with Gasteiger partial charge in [-0.15, -0.1) is 11.3 Å². The Hall–Kier alpha value is -1.27. The third-order valence-electron chi connectivity index (χ3n) is 3.32. The second-order valence-corrected chi connectivity index (χ2v) is 5.90. The van der Waals surface area contributed by atoms with E-state index in [1.54, 1.807) is 0 Å². The largest absolute Gasteiger partial charge is 0.397 e. The molecule has 0 aromatic carbocycles. The number of nitrogen functional groups attached to an aromatic ring is 1. The number of thiophene rings is 1. The standard InChI is InChI=1S/C13H22N4OS/c1-3-15-13(18)12-10(14)9-11(19-12)17-6-4-5-16(2)7-8-17/h9H,3-8,14H2,1-2H3,(H,15,18). The first kappa shape index (κ1) is 14.1. The van der Waals surface area contributed by atoms with Gasteiger partial charge < -0.3 is 20.9 Å². The summed E-state index contributed by atoms with van der Waals surface area (Å²) in [6, 6.07) is 1.93. The molecule has 1 amide bonds. The van der Waals surface area contributed by atoms with E-state index in [0.29, 0.717) is 17.1 Å². The lowest BCUT2D eigenvalue weighted by atomic mass is 10.3. The van der Waals surface area contributed by atoms with Crippen LogP contribution in [0.3, 0.4) is 0 Å². The van der Waals surface area contributed by atoms with Crippen molar-refractivity contribution in [1.29, 1.82) is 0 Å².